The lowest BCUT2D eigenvalue weighted by atomic mass is 10.0. The second-order valence-corrected chi connectivity index (χ2v) is 10.1. The first-order chi connectivity index (χ1) is 16.3. The van der Waals surface area contributed by atoms with Gasteiger partial charge in [-0.15, -0.1) is 11.8 Å². The first kappa shape index (κ1) is 26.1. The van der Waals surface area contributed by atoms with Gasteiger partial charge in [-0.1, -0.05) is 71.7 Å². The molecule has 0 saturated carbocycles. The number of carbonyl (C=O) groups excluding carboxylic acids is 2. The van der Waals surface area contributed by atoms with Crippen LogP contribution in [0.2, 0.25) is 10.0 Å². The third kappa shape index (κ3) is 7.79. The van der Waals surface area contributed by atoms with E-state index in [1.807, 2.05) is 74.5 Å². The SMILES string of the molecule is CC(C)NC(=O)C(Cc1ccccc1)N(Cc1ccccc1Cl)C(=O)CSc1ccc(Cl)cc1. The van der Waals surface area contributed by atoms with Gasteiger partial charge in [0, 0.05) is 33.9 Å². The van der Waals surface area contributed by atoms with Crippen molar-refractivity contribution in [1.82, 2.24) is 10.2 Å². The largest absolute Gasteiger partial charge is 0.352 e. The van der Waals surface area contributed by atoms with E-state index >= 15 is 0 Å². The van der Waals surface area contributed by atoms with Gasteiger partial charge in [0.25, 0.3) is 0 Å². The van der Waals surface area contributed by atoms with Crippen molar-refractivity contribution < 1.29 is 9.59 Å². The van der Waals surface area contributed by atoms with Crippen LogP contribution in [-0.2, 0) is 22.6 Å². The van der Waals surface area contributed by atoms with Crippen LogP contribution in [0.4, 0.5) is 0 Å². The monoisotopic (exact) mass is 514 g/mol. The van der Waals surface area contributed by atoms with Crippen LogP contribution in [0.5, 0.6) is 0 Å². The molecule has 0 aliphatic heterocycles. The number of halogens is 2. The topological polar surface area (TPSA) is 49.4 Å². The molecular weight excluding hydrogens is 487 g/mol. The summed E-state index contributed by atoms with van der Waals surface area (Å²) in [6, 6.07) is 23.8. The quantitative estimate of drug-likeness (QED) is 0.325. The summed E-state index contributed by atoms with van der Waals surface area (Å²) in [5.41, 5.74) is 1.78. The van der Waals surface area contributed by atoms with Gasteiger partial charge in [-0.05, 0) is 55.3 Å². The maximum atomic E-state index is 13.6. The standard InChI is InChI=1S/C27H28Cl2N2O2S/c1-19(2)30-27(33)25(16-20-8-4-3-5-9-20)31(17-21-10-6-7-11-24(21)29)26(32)18-34-23-14-12-22(28)13-15-23/h3-15,19,25H,16-18H2,1-2H3,(H,30,33). The number of hydrogen-bond acceptors (Lipinski definition) is 3. The van der Waals surface area contributed by atoms with Crippen molar-refractivity contribution in [2.75, 3.05) is 5.75 Å². The molecule has 1 unspecified atom stereocenters. The van der Waals surface area contributed by atoms with Gasteiger partial charge in [-0.3, -0.25) is 9.59 Å². The Bertz CT molecular complexity index is 1090. The van der Waals surface area contributed by atoms with Crippen LogP contribution in [0.1, 0.15) is 25.0 Å². The first-order valence-electron chi connectivity index (χ1n) is 11.1. The van der Waals surface area contributed by atoms with E-state index in [0.29, 0.717) is 16.5 Å². The zero-order valence-corrected chi connectivity index (χ0v) is 21.5. The maximum Gasteiger partial charge on any atom is 0.243 e. The van der Waals surface area contributed by atoms with Gasteiger partial charge in [0.05, 0.1) is 5.75 Å². The van der Waals surface area contributed by atoms with Crippen LogP contribution in [0.3, 0.4) is 0 Å². The van der Waals surface area contributed by atoms with E-state index in [2.05, 4.69) is 5.32 Å². The third-order valence-electron chi connectivity index (χ3n) is 5.18. The van der Waals surface area contributed by atoms with E-state index in [4.69, 9.17) is 23.2 Å². The molecule has 34 heavy (non-hydrogen) atoms. The number of rotatable bonds is 10. The molecule has 3 aromatic rings. The maximum absolute atomic E-state index is 13.6. The fraction of sp³-hybridized carbons (Fsp3) is 0.259. The summed E-state index contributed by atoms with van der Waals surface area (Å²) in [6.45, 7) is 4.06. The van der Waals surface area contributed by atoms with Gasteiger partial charge in [-0.2, -0.15) is 0 Å². The minimum Gasteiger partial charge on any atom is -0.352 e. The van der Waals surface area contributed by atoms with Crippen LogP contribution in [0.15, 0.2) is 83.8 Å². The van der Waals surface area contributed by atoms with Crippen molar-refractivity contribution in [3.05, 3.63) is 100 Å². The summed E-state index contributed by atoms with van der Waals surface area (Å²) < 4.78 is 0. The molecule has 7 heteroatoms. The fourth-order valence-corrected chi connectivity index (χ4v) is 4.61. The zero-order valence-electron chi connectivity index (χ0n) is 19.2. The molecule has 0 aliphatic carbocycles. The van der Waals surface area contributed by atoms with Gasteiger partial charge in [0.2, 0.25) is 11.8 Å². The highest BCUT2D eigenvalue weighted by molar-refractivity contribution is 8.00. The Kier molecular flexibility index (Phi) is 9.87. The average Bonchev–Trinajstić information content (AvgIpc) is 2.82. The van der Waals surface area contributed by atoms with Crippen LogP contribution < -0.4 is 5.32 Å². The molecule has 3 rings (SSSR count). The Morgan fingerprint density at radius 1 is 0.912 bits per heavy atom. The normalized spacial score (nSPS) is 11.8. The van der Waals surface area contributed by atoms with E-state index in [1.54, 1.807) is 23.1 Å². The summed E-state index contributed by atoms with van der Waals surface area (Å²) in [5, 5.41) is 4.20. The van der Waals surface area contributed by atoms with E-state index < -0.39 is 6.04 Å². The van der Waals surface area contributed by atoms with Crippen molar-refractivity contribution >= 4 is 46.8 Å². The molecule has 0 saturated heterocycles. The molecule has 2 amide bonds. The molecule has 0 aromatic heterocycles. The average molecular weight is 516 g/mol. The molecule has 1 N–H and O–H groups in total. The van der Waals surface area contributed by atoms with Crippen molar-refractivity contribution in [1.29, 1.82) is 0 Å². The Labute approximate surface area is 215 Å². The smallest absolute Gasteiger partial charge is 0.243 e. The van der Waals surface area contributed by atoms with Gasteiger partial charge < -0.3 is 10.2 Å². The number of amides is 2. The molecular formula is C27H28Cl2N2O2S. The molecule has 4 nitrogen and oxygen atoms in total. The van der Waals surface area contributed by atoms with Crippen LogP contribution in [0.25, 0.3) is 0 Å². The van der Waals surface area contributed by atoms with Crippen LogP contribution >= 0.6 is 35.0 Å². The highest BCUT2D eigenvalue weighted by Gasteiger charge is 2.31. The van der Waals surface area contributed by atoms with Gasteiger partial charge in [-0.25, -0.2) is 0 Å². The van der Waals surface area contributed by atoms with Crippen molar-refractivity contribution in [2.45, 2.75) is 43.8 Å². The Balaban J connectivity index is 1.91. The predicted molar refractivity (Wildman–Crippen MR) is 141 cm³/mol. The molecule has 178 valence electrons. The van der Waals surface area contributed by atoms with Crippen molar-refractivity contribution in [2.24, 2.45) is 0 Å². The molecule has 1 atom stereocenters. The number of nitrogens with zero attached hydrogens (tertiary/aromatic N) is 1. The second-order valence-electron chi connectivity index (χ2n) is 8.22. The number of benzene rings is 3. The third-order valence-corrected chi connectivity index (χ3v) is 6.79. The van der Waals surface area contributed by atoms with Crippen molar-refractivity contribution in [3.8, 4) is 0 Å². The highest BCUT2D eigenvalue weighted by atomic mass is 35.5. The summed E-state index contributed by atoms with van der Waals surface area (Å²) >= 11 is 13.8. The molecule has 3 aromatic carbocycles. The predicted octanol–water partition coefficient (Wildman–Crippen LogP) is 6.25. The van der Waals surface area contributed by atoms with Gasteiger partial charge in [0.1, 0.15) is 6.04 Å². The van der Waals surface area contributed by atoms with Crippen LogP contribution in [-0.4, -0.2) is 34.6 Å². The highest BCUT2D eigenvalue weighted by Crippen LogP contribution is 2.24. The van der Waals surface area contributed by atoms with Crippen LogP contribution in [0, 0.1) is 0 Å². The Morgan fingerprint density at radius 2 is 1.56 bits per heavy atom. The Morgan fingerprint density at radius 3 is 2.21 bits per heavy atom. The molecule has 0 bridgehead atoms. The lowest BCUT2D eigenvalue weighted by Gasteiger charge is -2.32. The Hall–Kier alpha value is -2.47. The van der Waals surface area contributed by atoms with E-state index in [9.17, 15) is 9.59 Å². The lowest BCUT2D eigenvalue weighted by Crippen LogP contribution is -2.52. The summed E-state index contributed by atoms with van der Waals surface area (Å²) in [5.74, 6) is -0.137. The summed E-state index contributed by atoms with van der Waals surface area (Å²) in [7, 11) is 0. The fourth-order valence-electron chi connectivity index (χ4n) is 3.50. The molecule has 0 aliphatic rings. The van der Waals surface area contributed by atoms with Crippen molar-refractivity contribution in [3.63, 3.8) is 0 Å². The molecule has 0 spiro atoms. The minimum atomic E-state index is -0.681. The minimum absolute atomic E-state index is 0.0496. The van der Waals surface area contributed by atoms with Gasteiger partial charge in [0.15, 0.2) is 0 Å². The van der Waals surface area contributed by atoms with E-state index in [-0.39, 0.29) is 30.2 Å². The second kappa shape index (κ2) is 12.8. The zero-order chi connectivity index (χ0) is 24.5. The lowest BCUT2D eigenvalue weighted by molar-refractivity contribution is -0.139. The van der Waals surface area contributed by atoms with E-state index in [1.165, 1.54) is 11.8 Å². The number of nitrogens with one attached hydrogen (secondary N) is 1. The number of thioether (sulfide) groups is 1. The first-order valence-corrected chi connectivity index (χ1v) is 12.8. The number of hydrogen-bond donors (Lipinski definition) is 1. The molecule has 0 radical (unpaired) electrons. The molecule has 0 fully saturated rings. The summed E-state index contributed by atoms with van der Waals surface area (Å²) in [6.07, 6.45) is 0.404. The molecule has 0 heterocycles. The van der Waals surface area contributed by atoms with Gasteiger partial charge >= 0.3 is 0 Å². The number of carbonyl (C=O) groups is 2. The van der Waals surface area contributed by atoms with E-state index in [0.717, 1.165) is 16.0 Å². The summed E-state index contributed by atoms with van der Waals surface area (Å²) in [4.78, 5) is 29.5.